The first-order chi connectivity index (χ1) is 5.24. The lowest BCUT2D eigenvalue weighted by atomic mass is 10.2. The average molecular weight is 198 g/mol. The fraction of sp³-hybridized carbons (Fsp3) is 0.500. The molecule has 7 nitrogen and oxygen atoms in total. The number of carboxylic acid groups (broad SMARTS) is 2. The van der Waals surface area contributed by atoms with E-state index in [4.69, 9.17) is 20.0 Å². The lowest BCUT2D eigenvalue weighted by molar-refractivity contribution is -0.153. The topological polar surface area (TPSA) is 132 Å². The molecule has 0 saturated heterocycles. The van der Waals surface area contributed by atoms with Crippen LogP contribution in [0.15, 0.2) is 0 Å². The molecule has 12 heavy (non-hydrogen) atoms. The number of aliphatic carboxylic acids is 2. The lowest BCUT2D eigenvalue weighted by Crippen LogP contribution is -2.26. The highest BCUT2D eigenvalue weighted by Gasteiger charge is 2.33. The highest BCUT2D eigenvalue weighted by atomic mass is 31.2. The summed E-state index contributed by atoms with van der Waals surface area (Å²) in [5.41, 5.74) is 0. The SMILES string of the molecule is O=C(O)C(CP(=O)(O)O)C(=O)O. The summed E-state index contributed by atoms with van der Waals surface area (Å²) >= 11 is 0. The van der Waals surface area contributed by atoms with E-state index in [2.05, 4.69) is 0 Å². The molecule has 0 heterocycles. The summed E-state index contributed by atoms with van der Waals surface area (Å²) in [5, 5.41) is 16.4. The van der Waals surface area contributed by atoms with Gasteiger partial charge in [0.1, 0.15) is 0 Å². The highest BCUT2D eigenvalue weighted by Crippen LogP contribution is 2.36. The number of hydrogen-bond donors (Lipinski definition) is 4. The van der Waals surface area contributed by atoms with E-state index < -0.39 is 31.6 Å². The Morgan fingerprint density at radius 3 is 1.58 bits per heavy atom. The van der Waals surface area contributed by atoms with Gasteiger partial charge in [-0.25, -0.2) is 0 Å². The van der Waals surface area contributed by atoms with Gasteiger partial charge in [-0.3, -0.25) is 14.2 Å². The van der Waals surface area contributed by atoms with Crippen LogP contribution < -0.4 is 0 Å². The Labute approximate surface area is 66.8 Å². The molecular weight excluding hydrogens is 191 g/mol. The molecule has 4 N–H and O–H groups in total. The zero-order chi connectivity index (χ0) is 9.94. The van der Waals surface area contributed by atoms with E-state index in [1.165, 1.54) is 0 Å². The van der Waals surface area contributed by atoms with Crippen LogP contribution in [-0.2, 0) is 14.2 Å². The molecule has 0 aliphatic carbocycles. The van der Waals surface area contributed by atoms with E-state index in [0.29, 0.717) is 0 Å². The Hall–Kier alpha value is -0.910. The second kappa shape index (κ2) is 3.66. The first kappa shape index (κ1) is 11.1. The Bertz CT molecular complexity index is 226. The van der Waals surface area contributed by atoms with Crippen LogP contribution in [-0.4, -0.2) is 38.1 Å². The molecule has 0 aliphatic heterocycles. The molecule has 0 amide bonds. The molecule has 0 bridgehead atoms. The van der Waals surface area contributed by atoms with Gasteiger partial charge in [-0.1, -0.05) is 0 Å². The molecule has 0 spiro atoms. The minimum absolute atomic E-state index is 1.18. The molecule has 0 aromatic rings. The van der Waals surface area contributed by atoms with E-state index in [0.717, 1.165) is 0 Å². The van der Waals surface area contributed by atoms with E-state index in [1.54, 1.807) is 0 Å². The first-order valence-corrected chi connectivity index (χ1v) is 4.54. The lowest BCUT2D eigenvalue weighted by Gasteiger charge is -2.07. The molecule has 8 heteroatoms. The quantitative estimate of drug-likeness (QED) is 0.334. The van der Waals surface area contributed by atoms with Crippen molar-refractivity contribution in [3.63, 3.8) is 0 Å². The molecule has 0 rings (SSSR count). The third-order valence-corrected chi connectivity index (χ3v) is 1.86. The number of carboxylic acids is 2. The van der Waals surface area contributed by atoms with Gasteiger partial charge < -0.3 is 20.0 Å². The van der Waals surface area contributed by atoms with Gasteiger partial charge in [-0.2, -0.15) is 0 Å². The Kier molecular flexibility index (Phi) is 3.38. The maximum atomic E-state index is 10.2. The summed E-state index contributed by atoms with van der Waals surface area (Å²) in [6, 6.07) is 0. The largest absolute Gasteiger partial charge is 0.481 e. The number of hydrogen-bond acceptors (Lipinski definition) is 3. The van der Waals surface area contributed by atoms with Crippen LogP contribution in [0.5, 0.6) is 0 Å². The summed E-state index contributed by atoms with van der Waals surface area (Å²) in [4.78, 5) is 36.7. The van der Waals surface area contributed by atoms with Crippen molar-refractivity contribution in [2.45, 2.75) is 0 Å². The summed E-state index contributed by atoms with van der Waals surface area (Å²) < 4.78 is 10.2. The van der Waals surface area contributed by atoms with Crippen molar-refractivity contribution in [2.75, 3.05) is 6.16 Å². The fourth-order valence-electron chi connectivity index (χ4n) is 0.500. The minimum Gasteiger partial charge on any atom is -0.481 e. The zero-order valence-corrected chi connectivity index (χ0v) is 6.64. The van der Waals surface area contributed by atoms with Crippen molar-refractivity contribution in [3.8, 4) is 0 Å². The van der Waals surface area contributed by atoms with Crippen LogP contribution in [0, 0.1) is 5.92 Å². The van der Waals surface area contributed by atoms with Gasteiger partial charge in [0.25, 0.3) is 0 Å². The summed E-state index contributed by atoms with van der Waals surface area (Å²) in [6.07, 6.45) is -1.18. The van der Waals surface area contributed by atoms with Gasteiger partial charge in [0, 0.05) is 0 Å². The van der Waals surface area contributed by atoms with Crippen molar-refractivity contribution in [1.29, 1.82) is 0 Å². The monoisotopic (exact) mass is 198 g/mol. The van der Waals surface area contributed by atoms with Gasteiger partial charge in [0.15, 0.2) is 5.92 Å². The molecule has 0 unspecified atom stereocenters. The maximum Gasteiger partial charge on any atom is 0.327 e. The van der Waals surface area contributed by atoms with Gasteiger partial charge in [0.2, 0.25) is 0 Å². The smallest absolute Gasteiger partial charge is 0.327 e. The number of carbonyl (C=O) groups is 2. The van der Waals surface area contributed by atoms with Crippen molar-refractivity contribution in [2.24, 2.45) is 5.92 Å². The second-order valence-corrected chi connectivity index (χ2v) is 3.77. The number of rotatable bonds is 4. The molecule has 0 aromatic heterocycles. The average Bonchev–Trinajstić information content (AvgIpc) is 1.79. The Balaban J connectivity index is 4.46. The van der Waals surface area contributed by atoms with Crippen molar-refractivity contribution in [3.05, 3.63) is 0 Å². The van der Waals surface area contributed by atoms with Gasteiger partial charge in [0.05, 0.1) is 6.16 Å². The standard InChI is InChI=1S/C4H7O7P/c5-3(6)2(4(7)8)1-12(9,10)11/h2H,1H2,(H,5,6)(H,7,8)(H2,9,10,11). The second-order valence-electron chi connectivity index (χ2n) is 2.08. The zero-order valence-electron chi connectivity index (χ0n) is 5.75. The third-order valence-electron chi connectivity index (χ3n) is 1.02. The minimum atomic E-state index is -4.59. The Morgan fingerprint density at radius 1 is 1.17 bits per heavy atom. The predicted octanol–water partition coefficient (Wildman–Crippen LogP) is -1.05. The van der Waals surface area contributed by atoms with Crippen molar-refractivity contribution < 1.29 is 34.2 Å². The van der Waals surface area contributed by atoms with E-state index in [1.807, 2.05) is 0 Å². The van der Waals surface area contributed by atoms with Gasteiger partial charge in [-0.05, 0) is 0 Å². The first-order valence-electron chi connectivity index (χ1n) is 2.74. The van der Waals surface area contributed by atoms with Gasteiger partial charge >= 0.3 is 19.5 Å². The van der Waals surface area contributed by atoms with E-state index in [-0.39, 0.29) is 0 Å². The molecule has 0 saturated carbocycles. The summed E-state index contributed by atoms with van der Waals surface area (Å²) in [5.74, 6) is -5.57. The van der Waals surface area contributed by atoms with E-state index >= 15 is 0 Å². The Morgan fingerprint density at radius 2 is 1.50 bits per heavy atom. The molecule has 0 aliphatic rings. The summed E-state index contributed by atoms with van der Waals surface area (Å²) in [6.45, 7) is 0. The van der Waals surface area contributed by atoms with Crippen LogP contribution in [0.25, 0.3) is 0 Å². The molecular formula is C4H7O7P. The molecule has 0 aromatic carbocycles. The van der Waals surface area contributed by atoms with Crippen molar-refractivity contribution >= 4 is 19.5 Å². The van der Waals surface area contributed by atoms with Crippen LogP contribution in [0.1, 0.15) is 0 Å². The molecule has 0 radical (unpaired) electrons. The van der Waals surface area contributed by atoms with Crippen LogP contribution >= 0.6 is 7.60 Å². The van der Waals surface area contributed by atoms with Crippen LogP contribution in [0.4, 0.5) is 0 Å². The van der Waals surface area contributed by atoms with Crippen molar-refractivity contribution in [1.82, 2.24) is 0 Å². The normalized spacial score (nSPS) is 11.6. The van der Waals surface area contributed by atoms with E-state index in [9.17, 15) is 14.2 Å². The van der Waals surface area contributed by atoms with Crippen LogP contribution in [0.3, 0.4) is 0 Å². The molecule has 0 fully saturated rings. The molecule has 0 atom stereocenters. The van der Waals surface area contributed by atoms with Crippen LogP contribution in [0.2, 0.25) is 0 Å². The third kappa shape index (κ3) is 4.07. The summed E-state index contributed by atoms with van der Waals surface area (Å²) in [7, 11) is -4.59. The maximum absolute atomic E-state index is 10.2. The molecule has 70 valence electrons. The fourth-order valence-corrected chi connectivity index (χ4v) is 1.29. The highest BCUT2D eigenvalue weighted by molar-refractivity contribution is 7.51. The predicted molar refractivity (Wildman–Crippen MR) is 35.7 cm³/mol. The van der Waals surface area contributed by atoms with Gasteiger partial charge in [-0.15, -0.1) is 0 Å².